The van der Waals surface area contributed by atoms with Crippen LogP contribution in [0.2, 0.25) is 0 Å². The van der Waals surface area contributed by atoms with Crippen molar-refractivity contribution in [2.45, 2.75) is 0 Å². The molecule has 7 heteroatoms. The van der Waals surface area contributed by atoms with Crippen molar-refractivity contribution >= 4 is 34.7 Å². The second kappa shape index (κ2) is 10.4. The first-order chi connectivity index (χ1) is 16.9. The van der Waals surface area contributed by atoms with Crippen molar-refractivity contribution in [3.05, 3.63) is 120 Å². The molecule has 0 bridgehead atoms. The molecule has 3 aromatic carbocycles. The normalized spacial score (nSPS) is 10.3. The van der Waals surface area contributed by atoms with Gasteiger partial charge in [0.05, 0.1) is 0 Å². The minimum atomic E-state index is -0.252. The summed E-state index contributed by atoms with van der Waals surface area (Å²) in [5.41, 5.74) is 4.22. The first-order valence-corrected chi connectivity index (χ1v) is 11.0. The van der Waals surface area contributed by atoms with E-state index in [1.54, 1.807) is 85.2 Å². The Kier molecular flexibility index (Phi) is 6.97. The molecule has 0 aliphatic rings. The Morgan fingerprint density at radius 1 is 0.571 bits per heavy atom. The van der Waals surface area contributed by atoms with Gasteiger partial charge in [-0.1, -0.05) is 0 Å². The van der Waals surface area contributed by atoms with E-state index in [0.717, 1.165) is 5.69 Å². The molecular weight excluding hydrogens is 440 g/mol. The Bertz CT molecular complexity index is 1330. The zero-order valence-corrected chi connectivity index (χ0v) is 19.4. The first-order valence-electron chi connectivity index (χ1n) is 11.0. The molecule has 7 nitrogen and oxygen atoms in total. The number of benzene rings is 3. The highest BCUT2D eigenvalue weighted by molar-refractivity contribution is 6.10. The Balaban J connectivity index is 1.37. The minimum absolute atomic E-state index is 0.158. The van der Waals surface area contributed by atoms with Crippen LogP contribution < -0.4 is 15.5 Å². The van der Waals surface area contributed by atoms with Gasteiger partial charge in [-0.3, -0.25) is 19.4 Å². The second-order valence-electron chi connectivity index (χ2n) is 8.07. The monoisotopic (exact) mass is 464 g/mol. The summed E-state index contributed by atoms with van der Waals surface area (Å²) >= 11 is 0. The van der Waals surface area contributed by atoms with E-state index < -0.39 is 0 Å². The summed E-state index contributed by atoms with van der Waals surface area (Å²) < 4.78 is 0. The fraction of sp³-hybridized carbons (Fsp3) is 0.0714. The number of anilines is 3. The lowest BCUT2D eigenvalue weighted by atomic mass is 10.0. The summed E-state index contributed by atoms with van der Waals surface area (Å²) in [6, 6.07) is 24.0. The molecule has 1 aromatic heterocycles. The van der Waals surface area contributed by atoms with Crippen LogP contribution in [-0.4, -0.2) is 36.7 Å². The zero-order valence-electron chi connectivity index (χ0n) is 19.4. The number of hydrogen-bond donors (Lipinski definition) is 2. The summed E-state index contributed by atoms with van der Waals surface area (Å²) in [4.78, 5) is 43.5. The van der Waals surface area contributed by atoms with Crippen molar-refractivity contribution in [3.63, 3.8) is 0 Å². The van der Waals surface area contributed by atoms with Gasteiger partial charge in [0, 0.05) is 65.8 Å². The van der Waals surface area contributed by atoms with E-state index in [9.17, 15) is 14.4 Å². The molecule has 0 saturated carbocycles. The van der Waals surface area contributed by atoms with Crippen LogP contribution in [0.3, 0.4) is 0 Å². The maximum absolute atomic E-state index is 12.9. The van der Waals surface area contributed by atoms with Crippen LogP contribution in [0.15, 0.2) is 97.3 Å². The molecule has 0 aliphatic carbocycles. The van der Waals surface area contributed by atoms with Gasteiger partial charge in [0.15, 0.2) is 5.78 Å². The molecule has 0 spiro atoms. The zero-order chi connectivity index (χ0) is 24.8. The van der Waals surface area contributed by atoms with Crippen LogP contribution in [0, 0.1) is 0 Å². The van der Waals surface area contributed by atoms with Gasteiger partial charge in [0.25, 0.3) is 11.8 Å². The summed E-state index contributed by atoms with van der Waals surface area (Å²) in [5.74, 6) is -0.634. The quantitative estimate of drug-likeness (QED) is 0.380. The Hall–Kier alpha value is -4.78. The highest BCUT2D eigenvalue weighted by Gasteiger charge is 2.12. The summed E-state index contributed by atoms with van der Waals surface area (Å²) in [7, 11) is 3.88. The predicted molar refractivity (Wildman–Crippen MR) is 137 cm³/mol. The van der Waals surface area contributed by atoms with Gasteiger partial charge in [-0.15, -0.1) is 0 Å². The van der Waals surface area contributed by atoms with Gasteiger partial charge in [0.2, 0.25) is 0 Å². The summed E-state index contributed by atoms with van der Waals surface area (Å²) in [5, 5.41) is 5.64. The van der Waals surface area contributed by atoms with E-state index in [4.69, 9.17) is 0 Å². The van der Waals surface area contributed by atoms with Crippen LogP contribution in [0.1, 0.15) is 36.6 Å². The van der Waals surface area contributed by atoms with Gasteiger partial charge >= 0.3 is 0 Å². The van der Waals surface area contributed by atoms with E-state index in [0.29, 0.717) is 33.6 Å². The average Bonchev–Trinajstić information content (AvgIpc) is 2.89. The van der Waals surface area contributed by atoms with Crippen LogP contribution in [0.4, 0.5) is 17.1 Å². The molecular formula is C28H24N4O3. The molecule has 35 heavy (non-hydrogen) atoms. The first kappa shape index (κ1) is 23.4. The number of amides is 2. The van der Waals surface area contributed by atoms with E-state index >= 15 is 0 Å². The average molecular weight is 465 g/mol. The van der Waals surface area contributed by atoms with Crippen LogP contribution in [-0.2, 0) is 0 Å². The van der Waals surface area contributed by atoms with Crippen molar-refractivity contribution in [3.8, 4) is 0 Å². The Morgan fingerprint density at radius 3 is 1.40 bits per heavy atom. The molecule has 0 unspecified atom stereocenters. The Labute approximate surface area is 203 Å². The van der Waals surface area contributed by atoms with Gasteiger partial charge in [0.1, 0.15) is 0 Å². The number of rotatable bonds is 7. The van der Waals surface area contributed by atoms with Gasteiger partial charge in [-0.05, 0) is 84.9 Å². The van der Waals surface area contributed by atoms with E-state index in [1.165, 1.54) is 0 Å². The van der Waals surface area contributed by atoms with Crippen molar-refractivity contribution < 1.29 is 14.4 Å². The van der Waals surface area contributed by atoms with Crippen LogP contribution in [0.25, 0.3) is 0 Å². The molecule has 0 fully saturated rings. The molecule has 0 atom stereocenters. The lowest BCUT2D eigenvalue weighted by Gasteiger charge is -2.12. The smallest absolute Gasteiger partial charge is 0.255 e. The van der Waals surface area contributed by atoms with E-state index in [1.807, 2.05) is 31.1 Å². The van der Waals surface area contributed by atoms with E-state index in [-0.39, 0.29) is 17.6 Å². The third-order valence-corrected chi connectivity index (χ3v) is 5.40. The summed E-state index contributed by atoms with van der Waals surface area (Å²) in [6.45, 7) is 0. The molecule has 0 radical (unpaired) electrons. The number of aromatic nitrogens is 1. The molecule has 174 valence electrons. The number of carbonyl (C=O) groups is 3. The number of nitrogens with one attached hydrogen (secondary N) is 2. The highest BCUT2D eigenvalue weighted by atomic mass is 16.2. The lowest BCUT2D eigenvalue weighted by Crippen LogP contribution is -2.13. The fourth-order valence-electron chi connectivity index (χ4n) is 3.40. The maximum atomic E-state index is 12.9. The van der Waals surface area contributed by atoms with Crippen molar-refractivity contribution in [1.82, 2.24) is 4.98 Å². The predicted octanol–water partition coefficient (Wildman–Crippen LogP) is 4.88. The van der Waals surface area contributed by atoms with Gasteiger partial charge in [-0.2, -0.15) is 0 Å². The third kappa shape index (κ3) is 5.78. The SMILES string of the molecule is CN(C)c1ccc(C(=O)Nc2ccc(C(=O)c3ccc(NC(=O)c4ccncc4)cc3)cc2)cc1. The minimum Gasteiger partial charge on any atom is -0.378 e. The molecule has 0 saturated heterocycles. The standard InChI is InChI=1S/C28H24N4O3/c1-32(2)25-13-7-21(8-14-25)27(34)30-23-9-3-19(4-10-23)26(33)20-5-11-24(12-6-20)31-28(35)22-15-17-29-18-16-22/h3-18H,1-2H3,(H,30,34)(H,31,35). The lowest BCUT2D eigenvalue weighted by molar-refractivity contribution is 0.101. The van der Waals surface area contributed by atoms with Crippen molar-refractivity contribution in [2.24, 2.45) is 0 Å². The van der Waals surface area contributed by atoms with Crippen LogP contribution in [0.5, 0.6) is 0 Å². The molecule has 4 rings (SSSR count). The molecule has 2 N–H and O–H groups in total. The third-order valence-electron chi connectivity index (χ3n) is 5.40. The summed E-state index contributed by atoms with van der Waals surface area (Å²) in [6.07, 6.45) is 3.10. The number of pyridine rings is 1. The molecule has 0 aliphatic heterocycles. The maximum Gasteiger partial charge on any atom is 0.255 e. The number of hydrogen-bond acceptors (Lipinski definition) is 5. The second-order valence-corrected chi connectivity index (χ2v) is 8.07. The topological polar surface area (TPSA) is 91.4 Å². The highest BCUT2D eigenvalue weighted by Crippen LogP contribution is 2.18. The number of nitrogens with zero attached hydrogens (tertiary/aromatic N) is 2. The van der Waals surface area contributed by atoms with Crippen LogP contribution >= 0.6 is 0 Å². The van der Waals surface area contributed by atoms with Crippen molar-refractivity contribution in [1.29, 1.82) is 0 Å². The fourth-order valence-corrected chi connectivity index (χ4v) is 3.40. The largest absolute Gasteiger partial charge is 0.378 e. The van der Waals surface area contributed by atoms with E-state index in [2.05, 4.69) is 15.6 Å². The van der Waals surface area contributed by atoms with Gasteiger partial charge < -0.3 is 15.5 Å². The molecule has 4 aromatic rings. The molecule has 1 heterocycles. The molecule has 2 amide bonds. The van der Waals surface area contributed by atoms with Crippen molar-refractivity contribution in [2.75, 3.05) is 29.6 Å². The van der Waals surface area contributed by atoms with Gasteiger partial charge in [-0.25, -0.2) is 0 Å². The number of ketones is 1. The Morgan fingerprint density at radius 2 is 0.971 bits per heavy atom. The number of carbonyl (C=O) groups excluding carboxylic acids is 3.